The minimum atomic E-state index is -1.17. The summed E-state index contributed by atoms with van der Waals surface area (Å²) in [6.45, 7) is 5.34. The molecule has 0 fully saturated rings. The van der Waals surface area contributed by atoms with Crippen LogP contribution in [0.25, 0.3) is 0 Å². The maximum atomic E-state index is 11.4. The number of hydrogen-bond donors (Lipinski definition) is 3. The van der Waals surface area contributed by atoms with Gasteiger partial charge in [0.15, 0.2) is 5.78 Å². The Morgan fingerprint density at radius 2 is 1.69 bits per heavy atom. The van der Waals surface area contributed by atoms with Gasteiger partial charge in [-0.1, -0.05) is 20.8 Å². The van der Waals surface area contributed by atoms with Crippen LogP contribution in [-0.4, -0.2) is 36.0 Å². The van der Waals surface area contributed by atoms with Crippen molar-refractivity contribution < 1.29 is 19.5 Å². The van der Waals surface area contributed by atoms with Crippen molar-refractivity contribution in [2.45, 2.75) is 27.2 Å². The fourth-order valence-corrected chi connectivity index (χ4v) is 0.815. The maximum Gasteiger partial charge on any atom is 0.404 e. The predicted octanol–water partition coefficient (Wildman–Crippen LogP) is 0.376. The zero-order chi connectivity index (χ0) is 12.8. The van der Waals surface area contributed by atoms with Gasteiger partial charge in [-0.25, -0.2) is 4.79 Å². The normalized spacial score (nSPS) is 10.7. The molecule has 0 aliphatic heterocycles. The molecule has 2 amide bonds. The highest BCUT2D eigenvalue weighted by Gasteiger charge is 2.21. The Balaban J connectivity index is 3.74. The third-order valence-electron chi connectivity index (χ3n) is 1.91. The number of ketones is 1. The molecule has 0 aromatic rings. The van der Waals surface area contributed by atoms with Crippen LogP contribution >= 0.6 is 0 Å². The van der Waals surface area contributed by atoms with Crippen LogP contribution in [0.1, 0.15) is 27.2 Å². The lowest BCUT2D eigenvalue weighted by Gasteiger charge is -2.16. The highest BCUT2D eigenvalue weighted by atomic mass is 16.4. The molecule has 0 saturated heterocycles. The fourth-order valence-electron chi connectivity index (χ4n) is 0.815. The molecule has 0 atom stereocenters. The minimum Gasteiger partial charge on any atom is -0.465 e. The van der Waals surface area contributed by atoms with Crippen LogP contribution in [0.4, 0.5) is 4.79 Å². The largest absolute Gasteiger partial charge is 0.465 e. The van der Waals surface area contributed by atoms with E-state index in [4.69, 9.17) is 5.11 Å². The van der Waals surface area contributed by atoms with Gasteiger partial charge in [0.25, 0.3) is 0 Å². The summed E-state index contributed by atoms with van der Waals surface area (Å²) in [5.74, 6) is -0.404. The average molecular weight is 230 g/mol. The van der Waals surface area contributed by atoms with Crippen molar-refractivity contribution in [3.05, 3.63) is 0 Å². The van der Waals surface area contributed by atoms with Gasteiger partial charge >= 0.3 is 6.09 Å². The summed E-state index contributed by atoms with van der Waals surface area (Å²) < 4.78 is 0. The van der Waals surface area contributed by atoms with Gasteiger partial charge < -0.3 is 15.7 Å². The first-order valence-electron chi connectivity index (χ1n) is 5.00. The van der Waals surface area contributed by atoms with Gasteiger partial charge in [-0.15, -0.1) is 0 Å². The number of amides is 2. The molecule has 0 aliphatic rings. The van der Waals surface area contributed by atoms with Crippen LogP contribution in [-0.2, 0) is 9.59 Å². The van der Waals surface area contributed by atoms with E-state index in [2.05, 4.69) is 10.6 Å². The molecule has 6 heteroatoms. The third kappa shape index (κ3) is 6.80. The molecule has 0 radical (unpaired) electrons. The molecule has 3 N–H and O–H groups in total. The van der Waals surface area contributed by atoms with E-state index in [1.165, 1.54) is 0 Å². The summed E-state index contributed by atoms with van der Waals surface area (Å²) in [6, 6.07) is 0. The van der Waals surface area contributed by atoms with Gasteiger partial charge in [0.05, 0.1) is 6.54 Å². The molecule has 0 aromatic carbocycles. The molecule has 0 bridgehead atoms. The maximum absolute atomic E-state index is 11.4. The van der Waals surface area contributed by atoms with Crippen molar-refractivity contribution >= 4 is 17.8 Å². The van der Waals surface area contributed by atoms with Gasteiger partial charge in [-0.3, -0.25) is 9.59 Å². The molecular formula is C10H18N2O4. The number of hydrogen-bond acceptors (Lipinski definition) is 3. The Morgan fingerprint density at radius 1 is 1.12 bits per heavy atom. The van der Waals surface area contributed by atoms with Gasteiger partial charge in [-0.2, -0.15) is 0 Å². The fraction of sp³-hybridized carbons (Fsp3) is 0.700. The zero-order valence-electron chi connectivity index (χ0n) is 9.79. The molecular weight excluding hydrogens is 212 g/mol. The molecule has 0 rings (SSSR count). The number of carbonyl (C=O) groups is 3. The number of carbonyl (C=O) groups excluding carboxylic acids is 2. The van der Waals surface area contributed by atoms with Gasteiger partial charge in [-0.05, 0) is 0 Å². The number of rotatable bonds is 5. The number of nitrogens with one attached hydrogen (secondary N) is 2. The Bertz CT molecular complexity index is 281. The number of Topliss-reactive ketones (excluding diaryl/α,β-unsaturated/α-hetero) is 1. The van der Waals surface area contributed by atoms with Crippen LogP contribution in [0.5, 0.6) is 0 Å². The van der Waals surface area contributed by atoms with E-state index in [-0.39, 0.29) is 31.2 Å². The van der Waals surface area contributed by atoms with E-state index in [0.717, 1.165) is 0 Å². The zero-order valence-corrected chi connectivity index (χ0v) is 9.79. The van der Waals surface area contributed by atoms with Crippen LogP contribution in [0.3, 0.4) is 0 Å². The van der Waals surface area contributed by atoms with E-state index in [0.29, 0.717) is 0 Å². The van der Waals surface area contributed by atoms with Crippen molar-refractivity contribution in [1.82, 2.24) is 10.6 Å². The quantitative estimate of drug-likeness (QED) is 0.636. The van der Waals surface area contributed by atoms with Gasteiger partial charge in [0, 0.05) is 18.4 Å². The van der Waals surface area contributed by atoms with E-state index >= 15 is 0 Å². The average Bonchev–Trinajstić information content (AvgIpc) is 2.11. The summed E-state index contributed by atoms with van der Waals surface area (Å²) in [7, 11) is 0. The van der Waals surface area contributed by atoms with Crippen molar-refractivity contribution in [2.24, 2.45) is 5.41 Å². The standard InChI is InChI=1S/C10H18N2O4/c1-10(2,3)7(13)6-12-8(14)4-5-11-9(15)16/h11H,4-6H2,1-3H3,(H,12,14)(H,15,16). The summed E-state index contributed by atoms with van der Waals surface area (Å²) in [5, 5.41) is 12.8. The van der Waals surface area contributed by atoms with Crippen LogP contribution in [0.15, 0.2) is 0 Å². The summed E-state index contributed by atoms with van der Waals surface area (Å²) in [4.78, 5) is 32.7. The van der Waals surface area contributed by atoms with Crippen molar-refractivity contribution in [3.63, 3.8) is 0 Å². The monoisotopic (exact) mass is 230 g/mol. The molecule has 16 heavy (non-hydrogen) atoms. The van der Waals surface area contributed by atoms with E-state index in [9.17, 15) is 14.4 Å². The Kier molecular flexibility index (Phi) is 5.49. The molecule has 0 unspecified atom stereocenters. The minimum absolute atomic E-state index is 0.0184. The second-order valence-corrected chi connectivity index (χ2v) is 4.43. The van der Waals surface area contributed by atoms with Crippen LogP contribution < -0.4 is 10.6 Å². The molecule has 6 nitrogen and oxygen atoms in total. The molecule has 92 valence electrons. The third-order valence-corrected chi connectivity index (χ3v) is 1.91. The Hall–Kier alpha value is -1.59. The van der Waals surface area contributed by atoms with Crippen molar-refractivity contribution in [3.8, 4) is 0 Å². The van der Waals surface area contributed by atoms with E-state index in [1.54, 1.807) is 20.8 Å². The number of carboxylic acid groups (broad SMARTS) is 1. The summed E-state index contributed by atoms with van der Waals surface area (Å²) in [6.07, 6.45) is -1.14. The van der Waals surface area contributed by atoms with Crippen molar-refractivity contribution in [1.29, 1.82) is 0 Å². The molecule has 0 saturated carbocycles. The van der Waals surface area contributed by atoms with Gasteiger partial charge in [0.1, 0.15) is 0 Å². The van der Waals surface area contributed by atoms with Crippen LogP contribution in [0, 0.1) is 5.41 Å². The molecule has 0 aliphatic carbocycles. The summed E-state index contributed by atoms with van der Waals surface area (Å²) in [5.41, 5.74) is -0.480. The predicted molar refractivity (Wildman–Crippen MR) is 58.1 cm³/mol. The van der Waals surface area contributed by atoms with Crippen LogP contribution in [0.2, 0.25) is 0 Å². The second-order valence-electron chi connectivity index (χ2n) is 4.43. The highest BCUT2D eigenvalue weighted by Crippen LogP contribution is 2.13. The van der Waals surface area contributed by atoms with Crippen molar-refractivity contribution in [2.75, 3.05) is 13.1 Å². The first kappa shape index (κ1) is 14.4. The lowest BCUT2D eigenvalue weighted by molar-refractivity contribution is -0.129. The first-order chi connectivity index (χ1) is 7.23. The Labute approximate surface area is 94.4 Å². The summed E-state index contributed by atoms with van der Waals surface area (Å²) >= 11 is 0. The Morgan fingerprint density at radius 3 is 2.12 bits per heavy atom. The second kappa shape index (κ2) is 6.09. The topological polar surface area (TPSA) is 95.5 Å². The van der Waals surface area contributed by atoms with E-state index < -0.39 is 11.5 Å². The smallest absolute Gasteiger partial charge is 0.404 e. The van der Waals surface area contributed by atoms with Gasteiger partial charge in [0.2, 0.25) is 5.91 Å². The SMILES string of the molecule is CC(C)(C)C(=O)CNC(=O)CCNC(=O)O. The lowest BCUT2D eigenvalue weighted by Crippen LogP contribution is -2.37. The lowest BCUT2D eigenvalue weighted by atomic mass is 9.91. The molecule has 0 spiro atoms. The molecule has 0 aromatic heterocycles. The highest BCUT2D eigenvalue weighted by molar-refractivity contribution is 5.89. The molecule has 0 heterocycles. The first-order valence-corrected chi connectivity index (χ1v) is 5.00. The van der Waals surface area contributed by atoms with E-state index in [1.807, 2.05) is 0 Å².